The van der Waals surface area contributed by atoms with Gasteiger partial charge in [0.15, 0.2) is 0 Å². The first kappa shape index (κ1) is 24.1. The van der Waals surface area contributed by atoms with Crippen molar-refractivity contribution in [3.8, 4) is 0 Å². The van der Waals surface area contributed by atoms with Crippen LogP contribution in [0.15, 0.2) is 22.7 Å². The van der Waals surface area contributed by atoms with Crippen molar-refractivity contribution in [2.75, 3.05) is 6.54 Å². The molecule has 0 bridgehead atoms. The third-order valence-electron chi connectivity index (χ3n) is 5.05. The van der Waals surface area contributed by atoms with E-state index in [1.54, 1.807) is 33.8 Å². The molecule has 0 aromatic heterocycles. The Balaban J connectivity index is 2.19. The number of carbonyl (C=O) groups is 3. The lowest BCUT2D eigenvalue weighted by Gasteiger charge is -2.34. The Bertz CT molecular complexity index is 829. The van der Waals surface area contributed by atoms with Crippen molar-refractivity contribution in [2.24, 2.45) is 5.41 Å². The van der Waals surface area contributed by atoms with Gasteiger partial charge >= 0.3 is 6.09 Å². The molecule has 1 heterocycles. The normalized spacial score (nSPS) is 21.1. The number of hydrogen-bond donors (Lipinski definition) is 4. The highest BCUT2D eigenvalue weighted by atomic mass is 79.9. The summed E-state index contributed by atoms with van der Waals surface area (Å²) >= 11 is 3.08. The van der Waals surface area contributed by atoms with Gasteiger partial charge in [-0.15, -0.1) is 0 Å². The minimum atomic E-state index is -1.35. The van der Waals surface area contributed by atoms with Gasteiger partial charge < -0.3 is 25.7 Å². The topological polar surface area (TPSA) is 119 Å². The quantitative estimate of drug-likeness (QED) is 0.508. The van der Waals surface area contributed by atoms with E-state index in [0.29, 0.717) is 10.0 Å². The fraction of sp³-hybridized carbons (Fsp3) is 0.550. The number of nitrogens with one attached hydrogen (secondary N) is 2. The fourth-order valence-corrected chi connectivity index (χ4v) is 3.67. The summed E-state index contributed by atoms with van der Waals surface area (Å²) in [5.41, 5.74) is -0.202. The second kappa shape index (κ2) is 9.30. The summed E-state index contributed by atoms with van der Waals surface area (Å²) in [5, 5.41) is 24.2. The van der Waals surface area contributed by atoms with Gasteiger partial charge in [0.2, 0.25) is 11.8 Å². The van der Waals surface area contributed by atoms with Crippen LogP contribution in [0.4, 0.5) is 9.18 Å². The van der Waals surface area contributed by atoms with Gasteiger partial charge in [0.05, 0.1) is 16.6 Å². The molecule has 30 heavy (non-hydrogen) atoms. The van der Waals surface area contributed by atoms with Crippen molar-refractivity contribution in [3.05, 3.63) is 34.1 Å². The van der Waals surface area contributed by atoms with Crippen LogP contribution in [0.5, 0.6) is 0 Å². The Morgan fingerprint density at radius 1 is 1.27 bits per heavy atom. The molecule has 0 spiro atoms. The van der Waals surface area contributed by atoms with Gasteiger partial charge in [0, 0.05) is 13.0 Å². The number of hydrogen-bond acceptors (Lipinski definition) is 4. The number of β-amino-alcohol motifs (C(OH)–C–C–N with tert-alkyl or cyclic N) is 1. The van der Waals surface area contributed by atoms with E-state index < -0.39 is 53.4 Å². The molecule has 1 aliphatic rings. The number of carboxylic acid groups (broad SMARTS) is 1. The van der Waals surface area contributed by atoms with Gasteiger partial charge in [0.25, 0.3) is 0 Å². The molecule has 1 aromatic rings. The fourth-order valence-electron chi connectivity index (χ4n) is 3.42. The van der Waals surface area contributed by atoms with E-state index in [-0.39, 0.29) is 13.0 Å². The van der Waals surface area contributed by atoms with Gasteiger partial charge in [-0.2, -0.15) is 0 Å². The maximum atomic E-state index is 13.8. The summed E-state index contributed by atoms with van der Waals surface area (Å²) in [4.78, 5) is 38.3. The zero-order valence-corrected chi connectivity index (χ0v) is 18.9. The number of halogens is 2. The Kier molecular flexibility index (Phi) is 7.46. The molecule has 2 unspecified atom stereocenters. The summed E-state index contributed by atoms with van der Waals surface area (Å²) in [6.07, 6.45) is -2.23. The molecule has 1 fully saturated rings. The van der Waals surface area contributed by atoms with Crippen LogP contribution in [0.2, 0.25) is 0 Å². The Morgan fingerprint density at radius 3 is 2.43 bits per heavy atom. The molecule has 1 aliphatic heterocycles. The number of aliphatic hydroxyl groups is 1. The zero-order valence-electron chi connectivity index (χ0n) is 17.3. The summed E-state index contributed by atoms with van der Waals surface area (Å²) in [6, 6.07) is 1.91. The van der Waals surface area contributed by atoms with Crippen molar-refractivity contribution >= 4 is 33.8 Å². The van der Waals surface area contributed by atoms with E-state index in [1.807, 2.05) is 0 Å². The molecule has 4 N–H and O–H groups in total. The van der Waals surface area contributed by atoms with Crippen molar-refractivity contribution in [2.45, 2.75) is 58.3 Å². The van der Waals surface area contributed by atoms with Crippen molar-refractivity contribution in [1.29, 1.82) is 0 Å². The zero-order chi connectivity index (χ0) is 22.8. The lowest BCUT2D eigenvalue weighted by atomic mass is 9.85. The van der Waals surface area contributed by atoms with Crippen LogP contribution in [-0.4, -0.2) is 57.8 Å². The molecule has 2 rings (SSSR count). The first-order chi connectivity index (χ1) is 13.8. The van der Waals surface area contributed by atoms with Gasteiger partial charge in [-0.3, -0.25) is 9.59 Å². The van der Waals surface area contributed by atoms with Crippen molar-refractivity contribution < 1.29 is 29.0 Å². The van der Waals surface area contributed by atoms with E-state index in [4.69, 9.17) is 5.11 Å². The van der Waals surface area contributed by atoms with Crippen LogP contribution in [0, 0.1) is 11.2 Å². The number of amides is 3. The summed E-state index contributed by atoms with van der Waals surface area (Å²) in [5.74, 6) is -1.54. The molecule has 0 radical (unpaired) electrons. The van der Waals surface area contributed by atoms with E-state index >= 15 is 0 Å². The van der Waals surface area contributed by atoms with Crippen LogP contribution in [0.25, 0.3) is 0 Å². The lowest BCUT2D eigenvalue weighted by Crippen LogP contribution is -2.57. The van der Waals surface area contributed by atoms with E-state index in [0.717, 1.165) is 0 Å². The van der Waals surface area contributed by atoms with Crippen LogP contribution < -0.4 is 10.6 Å². The SMILES string of the molecule is CC(NC(=O)[C@@H]1C[C@@H](O)CN1C(=O)C(NC(=O)O)C(C)(C)C)c1ccc(Br)c(F)c1. The second-order valence-electron chi connectivity index (χ2n) is 8.55. The van der Waals surface area contributed by atoms with Gasteiger partial charge in [-0.05, 0) is 46.0 Å². The Labute approximate surface area is 183 Å². The predicted octanol–water partition coefficient (Wildman–Crippen LogP) is 2.41. The molecule has 0 aliphatic carbocycles. The average molecular weight is 488 g/mol. The highest BCUT2D eigenvalue weighted by Crippen LogP contribution is 2.27. The van der Waals surface area contributed by atoms with Gasteiger partial charge in [-0.1, -0.05) is 26.8 Å². The predicted molar refractivity (Wildman–Crippen MR) is 111 cm³/mol. The minimum Gasteiger partial charge on any atom is -0.465 e. The molecule has 10 heteroatoms. The molecule has 166 valence electrons. The Hall–Kier alpha value is -2.20. The van der Waals surface area contributed by atoms with Crippen molar-refractivity contribution in [1.82, 2.24) is 15.5 Å². The van der Waals surface area contributed by atoms with E-state index in [2.05, 4.69) is 26.6 Å². The maximum Gasteiger partial charge on any atom is 0.405 e. The smallest absolute Gasteiger partial charge is 0.405 e. The summed E-state index contributed by atoms with van der Waals surface area (Å²) in [6.45, 7) is 6.72. The van der Waals surface area contributed by atoms with Crippen LogP contribution in [-0.2, 0) is 9.59 Å². The van der Waals surface area contributed by atoms with Gasteiger partial charge in [0.1, 0.15) is 17.9 Å². The van der Waals surface area contributed by atoms with Crippen LogP contribution in [0.3, 0.4) is 0 Å². The molecule has 3 amide bonds. The highest BCUT2D eigenvalue weighted by molar-refractivity contribution is 9.10. The standard InChI is InChI=1S/C20H27BrFN3O5/c1-10(11-5-6-13(21)14(22)7-11)23-17(27)15-8-12(26)9-25(15)18(28)16(20(2,3)4)24-19(29)30/h5-7,10,12,15-16,24,26H,8-9H2,1-4H3,(H,23,27)(H,29,30)/t10?,12-,15+,16?/m1/s1. The molecule has 8 nitrogen and oxygen atoms in total. The second-order valence-corrected chi connectivity index (χ2v) is 9.40. The summed E-state index contributed by atoms with van der Waals surface area (Å²) < 4.78 is 14.1. The van der Waals surface area contributed by atoms with E-state index in [1.165, 1.54) is 17.0 Å². The number of rotatable bonds is 5. The number of benzene rings is 1. The third kappa shape index (κ3) is 5.69. The number of likely N-dealkylation sites (tertiary alicyclic amines) is 1. The first-order valence-corrected chi connectivity index (χ1v) is 10.3. The van der Waals surface area contributed by atoms with Gasteiger partial charge in [-0.25, -0.2) is 9.18 Å². The molecular weight excluding hydrogens is 461 g/mol. The molecule has 1 saturated heterocycles. The molecule has 0 saturated carbocycles. The van der Waals surface area contributed by atoms with Crippen molar-refractivity contribution in [3.63, 3.8) is 0 Å². The number of nitrogens with zero attached hydrogens (tertiary/aromatic N) is 1. The first-order valence-electron chi connectivity index (χ1n) is 9.54. The maximum absolute atomic E-state index is 13.8. The highest BCUT2D eigenvalue weighted by Gasteiger charge is 2.44. The lowest BCUT2D eigenvalue weighted by molar-refractivity contribution is -0.142. The third-order valence-corrected chi connectivity index (χ3v) is 5.69. The minimum absolute atomic E-state index is 0.0307. The molecule has 1 aromatic carbocycles. The van der Waals surface area contributed by atoms with Crippen LogP contribution in [0.1, 0.15) is 45.7 Å². The Morgan fingerprint density at radius 2 is 1.90 bits per heavy atom. The largest absolute Gasteiger partial charge is 0.465 e. The number of aliphatic hydroxyl groups excluding tert-OH is 1. The molecule has 4 atom stereocenters. The summed E-state index contributed by atoms with van der Waals surface area (Å²) in [7, 11) is 0. The van der Waals surface area contributed by atoms with E-state index in [9.17, 15) is 23.9 Å². The monoisotopic (exact) mass is 487 g/mol. The van der Waals surface area contributed by atoms with Crippen LogP contribution >= 0.6 is 15.9 Å². The molecular formula is C20H27BrFN3O5. The number of carbonyl (C=O) groups excluding carboxylic acids is 2. The average Bonchev–Trinajstić information content (AvgIpc) is 3.02.